The quantitative estimate of drug-likeness (QED) is 0.378. The number of alkyl halides is 1. The highest BCUT2D eigenvalue weighted by molar-refractivity contribution is 9.08. The largest absolute Gasteiger partial charge is 0.493 e. The van der Waals surface area contributed by atoms with Crippen LogP contribution in [0.4, 0.5) is 0 Å². The second-order valence-corrected chi connectivity index (χ2v) is 5.65. The fraction of sp³-hybridized carbons (Fsp3) is 0.647. The van der Waals surface area contributed by atoms with Gasteiger partial charge in [0.1, 0.15) is 0 Å². The Hall–Kier alpha value is -0.700. The van der Waals surface area contributed by atoms with Gasteiger partial charge in [-0.2, -0.15) is 0 Å². The van der Waals surface area contributed by atoms with Gasteiger partial charge in [0.15, 0.2) is 11.5 Å². The Morgan fingerprint density at radius 2 is 1.65 bits per heavy atom. The van der Waals surface area contributed by atoms with Gasteiger partial charge < -0.3 is 9.47 Å². The topological polar surface area (TPSA) is 18.5 Å². The molecule has 0 unspecified atom stereocenters. The predicted octanol–water partition coefficient (Wildman–Crippen LogP) is 5.72. The summed E-state index contributed by atoms with van der Waals surface area (Å²) >= 11 is 3.45. The summed E-state index contributed by atoms with van der Waals surface area (Å²) in [6.07, 6.45) is 9.11. The molecule has 0 bridgehead atoms. The Morgan fingerprint density at radius 3 is 2.30 bits per heavy atom. The van der Waals surface area contributed by atoms with Crippen molar-refractivity contribution in [3.63, 3.8) is 0 Å². The maximum absolute atomic E-state index is 5.81. The summed E-state index contributed by atoms with van der Waals surface area (Å²) in [5.41, 5.74) is 1.20. The lowest BCUT2D eigenvalue weighted by molar-refractivity contribution is 0.284. The number of hydrogen-bond acceptors (Lipinski definition) is 2. The molecule has 0 saturated heterocycles. The van der Waals surface area contributed by atoms with Crippen molar-refractivity contribution in [2.24, 2.45) is 0 Å². The Bertz CT molecular complexity index is 366. The highest BCUT2D eigenvalue weighted by Crippen LogP contribution is 2.29. The third kappa shape index (κ3) is 6.65. The summed E-state index contributed by atoms with van der Waals surface area (Å²) < 4.78 is 11.2. The molecule has 0 atom stereocenters. The van der Waals surface area contributed by atoms with Crippen molar-refractivity contribution in [2.75, 3.05) is 13.7 Å². The van der Waals surface area contributed by atoms with Gasteiger partial charge in [0, 0.05) is 5.33 Å². The van der Waals surface area contributed by atoms with E-state index in [1.807, 2.05) is 12.1 Å². The first-order valence-corrected chi connectivity index (χ1v) is 8.79. The van der Waals surface area contributed by atoms with Gasteiger partial charge in [0.2, 0.25) is 0 Å². The summed E-state index contributed by atoms with van der Waals surface area (Å²) in [4.78, 5) is 0. The zero-order valence-corrected chi connectivity index (χ0v) is 14.4. The fourth-order valence-electron chi connectivity index (χ4n) is 2.16. The number of unbranched alkanes of at least 4 members (excludes halogenated alkanes) is 6. The average molecular weight is 343 g/mol. The molecule has 0 radical (unpaired) electrons. The highest BCUT2D eigenvalue weighted by Gasteiger charge is 2.05. The SMILES string of the molecule is CCCCCCCCCOc1ccc(CBr)cc1OC. The van der Waals surface area contributed by atoms with Gasteiger partial charge in [0.05, 0.1) is 13.7 Å². The summed E-state index contributed by atoms with van der Waals surface area (Å²) in [5, 5.41) is 0.835. The van der Waals surface area contributed by atoms with Crippen LogP contribution in [0.3, 0.4) is 0 Å². The van der Waals surface area contributed by atoms with Gasteiger partial charge in [-0.3, -0.25) is 0 Å². The second kappa shape index (κ2) is 11.0. The molecular weight excluding hydrogens is 316 g/mol. The molecule has 0 saturated carbocycles. The summed E-state index contributed by atoms with van der Waals surface area (Å²) in [6.45, 7) is 3.03. The molecule has 1 aromatic carbocycles. The van der Waals surface area contributed by atoms with Crippen molar-refractivity contribution in [3.05, 3.63) is 23.8 Å². The lowest BCUT2D eigenvalue weighted by Gasteiger charge is -2.11. The van der Waals surface area contributed by atoms with Crippen molar-refractivity contribution < 1.29 is 9.47 Å². The van der Waals surface area contributed by atoms with Crippen LogP contribution >= 0.6 is 15.9 Å². The predicted molar refractivity (Wildman–Crippen MR) is 89.1 cm³/mol. The maximum atomic E-state index is 5.81. The van der Waals surface area contributed by atoms with Gasteiger partial charge in [-0.15, -0.1) is 0 Å². The van der Waals surface area contributed by atoms with E-state index in [0.29, 0.717) is 0 Å². The Labute approximate surface area is 132 Å². The van der Waals surface area contributed by atoms with Crippen molar-refractivity contribution in [1.29, 1.82) is 0 Å². The van der Waals surface area contributed by atoms with Crippen LogP contribution in [0, 0.1) is 0 Å². The normalized spacial score (nSPS) is 10.6. The van der Waals surface area contributed by atoms with E-state index in [2.05, 4.69) is 28.9 Å². The van der Waals surface area contributed by atoms with E-state index in [4.69, 9.17) is 9.47 Å². The molecular formula is C17H27BrO2. The second-order valence-electron chi connectivity index (χ2n) is 5.09. The minimum atomic E-state index is 0.776. The Kier molecular flexibility index (Phi) is 9.56. The minimum absolute atomic E-state index is 0.776. The molecule has 1 rings (SSSR count). The minimum Gasteiger partial charge on any atom is -0.493 e. The van der Waals surface area contributed by atoms with E-state index in [9.17, 15) is 0 Å². The number of hydrogen-bond donors (Lipinski definition) is 0. The molecule has 0 spiro atoms. The molecule has 0 aliphatic rings. The lowest BCUT2D eigenvalue weighted by Crippen LogP contribution is -1.99. The first kappa shape index (κ1) is 17.4. The molecule has 114 valence electrons. The molecule has 1 aromatic rings. The molecule has 0 N–H and O–H groups in total. The molecule has 3 heteroatoms. The molecule has 0 fully saturated rings. The Morgan fingerprint density at radius 1 is 0.950 bits per heavy atom. The van der Waals surface area contributed by atoms with Crippen LogP contribution in [0.2, 0.25) is 0 Å². The third-order valence-corrected chi connectivity index (χ3v) is 4.04. The molecule has 2 nitrogen and oxygen atoms in total. The summed E-state index contributed by atoms with van der Waals surface area (Å²) in [7, 11) is 1.69. The van der Waals surface area contributed by atoms with Gasteiger partial charge in [-0.1, -0.05) is 67.4 Å². The molecule has 0 aromatic heterocycles. The van der Waals surface area contributed by atoms with Gasteiger partial charge >= 0.3 is 0 Å². The third-order valence-electron chi connectivity index (χ3n) is 3.39. The monoisotopic (exact) mass is 342 g/mol. The molecule has 0 amide bonds. The van der Waals surface area contributed by atoms with Crippen molar-refractivity contribution in [2.45, 2.75) is 57.2 Å². The first-order valence-electron chi connectivity index (χ1n) is 7.67. The van der Waals surface area contributed by atoms with Gasteiger partial charge in [0.25, 0.3) is 0 Å². The van der Waals surface area contributed by atoms with Crippen LogP contribution in [0.5, 0.6) is 11.5 Å². The fourth-order valence-corrected chi connectivity index (χ4v) is 2.50. The summed E-state index contributed by atoms with van der Waals surface area (Å²) in [5.74, 6) is 1.67. The van der Waals surface area contributed by atoms with Crippen LogP contribution < -0.4 is 9.47 Å². The van der Waals surface area contributed by atoms with Gasteiger partial charge in [-0.25, -0.2) is 0 Å². The molecule has 0 aliphatic heterocycles. The molecule has 20 heavy (non-hydrogen) atoms. The average Bonchev–Trinajstić information content (AvgIpc) is 2.50. The van der Waals surface area contributed by atoms with E-state index < -0.39 is 0 Å². The zero-order chi connectivity index (χ0) is 14.6. The van der Waals surface area contributed by atoms with Crippen LogP contribution in [0.1, 0.15) is 57.4 Å². The van der Waals surface area contributed by atoms with E-state index in [1.54, 1.807) is 7.11 Å². The van der Waals surface area contributed by atoms with Crippen LogP contribution in [0.15, 0.2) is 18.2 Å². The standard InChI is InChI=1S/C17H27BrO2/c1-3-4-5-6-7-8-9-12-20-16-11-10-15(14-18)13-17(16)19-2/h10-11,13H,3-9,12,14H2,1-2H3. The number of ether oxygens (including phenoxy) is 2. The van der Waals surface area contributed by atoms with Crippen molar-refractivity contribution in [3.8, 4) is 11.5 Å². The van der Waals surface area contributed by atoms with Gasteiger partial charge in [-0.05, 0) is 24.1 Å². The van der Waals surface area contributed by atoms with Crippen molar-refractivity contribution in [1.82, 2.24) is 0 Å². The van der Waals surface area contributed by atoms with E-state index >= 15 is 0 Å². The van der Waals surface area contributed by atoms with Crippen LogP contribution in [-0.2, 0) is 5.33 Å². The van der Waals surface area contributed by atoms with E-state index in [1.165, 1.54) is 44.1 Å². The van der Waals surface area contributed by atoms with Crippen LogP contribution in [-0.4, -0.2) is 13.7 Å². The molecule has 0 heterocycles. The van der Waals surface area contributed by atoms with Crippen molar-refractivity contribution >= 4 is 15.9 Å². The smallest absolute Gasteiger partial charge is 0.161 e. The number of methoxy groups -OCH3 is 1. The lowest BCUT2D eigenvalue weighted by atomic mass is 10.1. The zero-order valence-electron chi connectivity index (χ0n) is 12.8. The maximum Gasteiger partial charge on any atom is 0.161 e. The summed E-state index contributed by atoms with van der Waals surface area (Å²) in [6, 6.07) is 6.09. The number of benzene rings is 1. The Balaban J connectivity index is 2.21. The first-order chi connectivity index (χ1) is 9.81. The number of rotatable bonds is 11. The highest BCUT2D eigenvalue weighted by atomic mass is 79.9. The number of halogens is 1. The van der Waals surface area contributed by atoms with E-state index in [0.717, 1.165) is 29.9 Å². The van der Waals surface area contributed by atoms with Crippen LogP contribution in [0.25, 0.3) is 0 Å². The molecule has 0 aliphatic carbocycles. The van der Waals surface area contributed by atoms with E-state index in [-0.39, 0.29) is 0 Å².